The minimum Gasteiger partial charge on any atom is -0.363 e. The fourth-order valence-electron chi connectivity index (χ4n) is 3.89. The number of aromatic nitrogens is 5. The molecule has 0 spiro atoms. The third kappa shape index (κ3) is 2.46. The van der Waals surface area contributed by atoms with E-state index in [0.29, 0.717) is 0 Å². The van der Waals surface area contributed by atoms with Crippen molar-refractivity contribution in [3.63, 3.8) is 0 Å². The fourth-order valence-corrected chi connectivity index (χ4v) is 5.69. The number of fused-ring (bicyclic) bond motifs is 3. The zero-order valence-corrected chi connectivity index (χ0v) is 17.9. The molecule has 1 N–H and O–H groups in total. The van der Waals surface area contributed by atoms with Crippen LogP contribution in [0.25, 0.3) is 16.8 Å². The van der Waals surface area contributed by atoms with Crippen LogP contribution in [0.5, 0.6) is 0 Å². The lowest BCUT2D eigenvalue weighted by Crippen LogP contribution is -2.46. The zero-order chi connectivity index (χ0) is 17.2. The maximum atomic E-state index is 6.38. The van der Waals surface area contributed by atoms with Gasteiger partial charge in [0.1, 0.15) is 14.8 Å². The second-order valence-corrected chi connectivity index (χ2v) is 8.61. The highest BCUT2D eigenvalue weighted by Crippen LogP contribution is 2.42. The van der Waals surface area contributed by atoms with Gasteiger partial charge in [0.2, 0.25) is 0 Å². The van der Waals surface area contributed by atoms with Crippen LogP contribution in [0.1, 0.15) is 18.5 Å². The van der Waals surface area contributed by atoms with Gasteiger partial charge in [-0.25, -0.2) is 9.50 Å². The Labute approximate surface area is 171 Å². The van der Waals surface area contributed by atoms with Crippen LogP contribution in [-0.4, -0.2) is 43.6 Å². The van der Waals surface area contributed by atoms with Gasteiger partial charge in [-0.3, -0.25) is 4.68 Å². The van der Waals surface area contributed by atoms with Gasteiger partial charge in [-0.1, -0.05) is 0 Å². The summed E-state index contributed by atoms with van der Waals surface area (Å²) in [5.41, 5.74) is 3.79. The first-order valence-corrected chi connectivity index (χ1v) is 10.4. The van der Waals surface area contributed by atoms with Crippen molar-refractivity contribution in [1.82, 2.24) is 29.7 Å². The first-order valence-electron chi connectivity index (χ1n) is 8.19. The molecule has 2 atom stereocenters. The number of aryl methyl sites for hydroxylation is 1. The Morgan fingerprint density at radius 2 is 2.28 bits per heavy atom. The number of hydrogen-bond donors (Lipinski definition) is 1. The molecule has 0 aliphatic carbocycles. The summed E-state index contributed by atoms with van der Waals surface area (Å²) in [6.45, 7) is 1.73. The Hall–Kier alpha value is -0.790. The standard InChI is InChI=1S/C16H16I2N6O/c1-23-11(3-5-20-23)10-6-12(16-4-2-9(25-16)7-19-8-16)22-24-13(10)14(17)21-15(24)18/h3,5-6,9,19H,2,4,7-8H2,1H3. The van der Waals surface area contributed by atoms with E-state index >= 15 is 0 Å². The highest BCUT2D eigenvalue weighted by molar-refractivity contribution is 14.1. The Bertz CT molecular complexity index is 979. The molecule has 0 radical (unpaired) electrons. The molecule has 3 aromatic heterocycles. The van der Waals surface area contributed by atoms with Gasteiger partial charge in [0.15, 0.2) is 3.83 Å². The van der Waals surface area contributed by atoms with Crippen LogP contribution >= 0.6 is 45.2 Å². The van der Waals surface area contributed by atoms with Gasteiger partial charge >= 0.3 is 0 Å². The van der Waals surface area contributed by atoms with E-state index in [0.717, 1.165) is 55.9 Å². The molecule has 130 valence electrons. The quantitative estimate of drug-likeness (QED) is 0.486. The summed E-state index contributed by atoms with van der Waals surface area (Å²) >= 11 is 4.52. The molecule has 2 aliphatic rings. The first kappa shape index (κ1) is 16.4. The third-order valence-electron chi connectivity index (χ3n) is 5.12. The van der Waals surface area contributed by atoms with Gasteiger partial charge in [-0.2, -0.15) is 10.2 Å². The molecule has 9 heteroatoms. The summed E-state index contributed by atoms with van der Waals surface area (Å²) in [6, 6.07) is 4.20. The summed E-state index contributed by atoms with van der Waals surface area (Å²) < 4.78 is 12.0. The van der Waals surface area contributed by atoms with Crippen molar-refractivity contribution in [1.29, 1.82) is 0 Å². The molecule has 2 bridgehead atoms. The number of nitrogens with one attached hydrogen (secondary N) is 1. The van der Waals surface area contributed by atoms with Crippen LogP contribution in [-0.2, 0) is 17.4 Å². The number of ether oxygens (including phenoxy) is 1. The summed E-state index contributed by atoms with van der Waals surface area (Å²) in [6.07, 6.45) is 4.18. The van der Waals surface area contributed by atoms with Crippen LogP contribution in [0.4, 0.5) is 0 Å². The molecular weight excluding hydrogens is 546 g/mol. The lowest BCUT2D eigenvalue weighted by atomic mass is 9.94. The lowest BCUT2D eigenvalue weighted by Gasteiger charge is -2.33. The summed E-state index contributed by atoms with van der Waals surface area (Å²) in [7, 11) is 1.96. The van der Waals surface area contributed by atoms with E-state index in [1.807, 2.05) is 28.5 Å². The van der Waals surface area contributed by atoms with Crippen LogP contribution in [0.3, 0.4) is 0 Å². The predicted octanol–water partition coefficient (Wildman–Crippen LogP) is 2.32. The van der Waals surface area contributed by atoms with E-state index in [1.165, 1.54) is 0 Å². The van der Waals surface area contributed by atoms with Gasteiger partial charge in [0, 0.05) is 54.5 Å². The van der Waals surface area contributed by atoms with Crippen molar-refractivity contribution in [2.75, 3.05) is 13.1 Å². The number of halogens is 2. The minimum atomic E-state index is -0.344. The smallest absolute Gasteiger partial charge is 0.193 e. The van der Waals surface area contributed by atoms with Crippen molar-refractivity contribution in [2.45, 2.75) is 24.5 Å². The Morgan fingerprint density at radius 1 is 1.40 bits per heavy atom. The number of rotatable bonds is 2. The molecule has 2 fully saturated rings. The molecule has 0 amide bonds. The molecule has 3 aromatic rings. The van der Waals surface area contributed by atoms with E-state index in [1.54, 1.807) is 0 Å². The molecule has 2 saturated heterocycles. The molecule has 5 heterocycles. The summed E-state index contributed by atoms with van der Waals surface area (Å²) in [5.74, 6) is 0. The Kier molecular flexibility index (Phi) is 3.84. The van der Waals surface area contributed by atoms with Crippen molar-refractivity contribution in [3.05, 3.63) is 31.6 Å². The van der Waals surface area contributed by atoms with E-state index in [-0.39, 0.29) is 11.7 Å². The molecule has 7 nitrogen and oxygen atoms in total. The summed E-state index contributed by atoms with van der Waals surface area (Å²) in [4.78, 5) is 4.62. The van der Waals surface area contributed by atoms with E-state index in [2.05, 4.69) is 66.6 Å². The third-order valence-corrected chi connectivity index (χ3v) is 6.58. The van der Waals surface area contributed by atoms with E-state index < -0.39 is 0 Å². The normalized spacial score (nSPS) is 25.8. The number of imidazole rings is 1. The summed E-state index contributed by atoms with van der Waals surface area (Å²) in [5, 5.41) is 12.8. The Morgan fingerprint density at radius 3 is 3.08 bits per heavy atom. The van der Waals surface area contributed by atoms with Gasteiger partial charge in [0.05, 0.1) is 17.5 Å². The lowest BCUT2D eigenvalue weighted by molar-refractivity contribution is -0.0717. The van der Waals surface area contributed by atoms with Crippen molar-refractivity contribution >= 4 is 50.7 Å². The van der Waals surface area contributed by atoms with Gasteiger partial charge < -0.3 is 10.1 Å². The van der Waals surface area contributed by atoms with Crippen LogP contribution in [0.15, 0.2) is 18.3 Å². The molecule has 0 aromatic carbocycles. The van der Waals surface area contributed by atoms with E-state index in [4.69, 9.17) is 9.84 Å². The maximum absolute atomic E-state index is 6.38. The highest BCUT2D eigenvalue weighted by atomic mass is 127. The molecule has 0 saturated carbocycles. The van der Waals surface area contributed by atoms with Crippen molar-refractivity contribution < 1.29 is 4.74 Å². The average molecular weight is 562 g/mol. The molecule has 2 aliphatic heterocycles. The predicted molar refractivity (Wildman–Crippen MR) is 109 cm³/mol. The molecule has 5 rings (SSSR count). The van der Waals surface area contributed by atoms with Crippen LogP contribution in [0, 0.1) is 7.53 Å². The van der Waals surface area contributed by atoms with Crippen LogP contribution in [0.2, 0.25) is 0 Å². The van der Waals surface area contributed by atoms with Gasteiger partial charge in [0.25, 0.3) is 0 Å². The van der Waals surface area contributed by atoms with Crippen LogP contribution < -0.4 is 5.32 Å². The van der Waals surface area contributed by atoms with Gasteiger partial charge in [-0.15, -0.1) is 0 Å². The van der Waals surface area contributed by atoms with E-state index in [9.17, 15) is 0 Å². The minimum absolute atomic E-state index is 0.286. The second-order valence-electron chi connectivity index (χ2n) is 6.62. The fraction of sp³-hybridized carbons (Fsp3) is 0.438. The monoisotopic (exact) mass is 562 g/mol. The second kappa shape index (κ2) is 5.86. The number of hydrogen-bond acceptors (Lipinski definition) is 5. The largest absolute Gasteiger partial charge is 0.363 e. The van der Waals surface area contributed by atoms with Gasteiger partial charge in [-0.05, 0) is 47.6 Å². The van der Waals surface area contributed by atoms with Crippen molar-refractivity contribution in [3.8, 4) is 11.3 Å². The highest BCUT2D eigenvalue weighted by Gasteiger charge is 2.46. The number of morpholine rings is 1. The molecule has 25 heavy (non-hydrogen) atoms. The SMILES string of the molecule is Cn1nccc1-c1cc(C23CCC(CNC2)O3)nn2c(I)nc(I)c12. The average Bonchev–Trinajstić information content (AvgIpc) is 3.25. The maximum Gasteiger partial charge on any atom is 0.193 e. The zero-order valence-electron chi connectivity index (χ0n) is 13.5. The molecule has 2 unspecified atom stereocenters. The van der Waals surface area contributed by atoms with Crippen molar-refractivity contribution in [2.24, 2.45) is 7.05 Å². The first-order chi connectivity index (χ1) is 12.1. The Balaban J connectivity index is 1.79. The number of nitrogens with zero attached hydrogens (tertiary/aromatic N) is 5. The topological polar surface area (TPSA) is 69.3 Å². The molecular formula is C16H16I2N6O.